The quantitative estimate of drug-likeness (QED) is 0.536. The van der Waals surface area contributed by atoms with Gasteiger partial charge in [-0.2, -0.15) is 13.2 Å². The number of carbonyl (C=O) groups excluding carboxylic acids is 1. The van der Waals surface area contributed by atoms with Crippen LogP contribution < -0.4 is 15.0 Å². The van der Waals surface area contributed by atoms with Gasteiger partial charge in [0.1, 0.15) is 17.6 Å². The van der Waals surface area contributed by atoms with E-state index in [9.17, 15) is 22.4 Å². The van der Waals surface area contributed by atoms with E-state index in [1.807, 2.05) is 6.07 Å². The third kappa shape index (κ3) is 6.58. The molecule has 5 rings (SSSR count). The summed E-state index contributed by atoms with van der Waals surface area (Å²) in [7, 11) is 0. The van der Waals surface area contributed by atoms with Gasteiger partial charge in [0.2, 0.25) is 5.88 Å². The molecule has 0 radical (unpaired) electrons. The first-order chi connectivity index (χ1) is 19.2. The molecule has 0 spiro atoms. The highest BCUT2D eigenvalue weighted by Gasteiger charge is 2.44. The highest BCUT2D eigenvalue weighted by Crippen LogP contribution is 2.36. The minimum Gasteiger partial charge on any atom is -0.473 e. The van der Waals surface area contributed by atoms with E-state index < -0.39 is 30.7 Å². The molecule has 2 aromatic rings. The van der Waals surface area contributed by atoms with E-state index in [1.165, 1.54) is 12.1 Å². The summed E-state index contributed by atoms with van der Waals surface area (Å²) in [6, 6.07) is 3.85. The van der Waals surface area contributed by atoms with E-state index >= 15 is 0 Å². The Balaban J connectivity index is 1.40. The molecule has 4 heterocycles. The highest BCUT2D eigenvalue weighted by atomic mass is 19.4. The van der Waals surface area contributed by atoms with Crippen molar-refractivity contribution >= 4 is 17.4 Å². The molecule has 0 unspecified atom stereocenters. The van der Waals surface area contributed by atoms with Crippen molar-refractivity contribution in [2.45, 2.75) is 38.1 Å². The van der Waals surface area contributed by atoms with E-state index in [0.29, 0.717) is 62.1 Å². The standard InChI is InChI=1S/C27H32F4N4O5/c1-17-12-21(28)22(33-26(36)35-6-11-39-24(16-35)27(29,30)31)14-20(17)18-13-23(34-4-9-38-10-5-34)25(32-15-18)40-19-2-7-37-8-3-19/h12-15,19,24H,2-11,16H2,1H3,(H,33,36)/t24-/m1/s1. The predicted molar refractivity (Wildman–Crippen MR) is 138 cm³/mol. The molecule has 218 valence electrons. The van der Waals surface area contributed by atoms with Crippen LogP contribution in [-0.4, -0.2) is 93.5 Å². The Hall–Kier alpha value is -3.16. The van der Waals surface area contributed by atoms with Crippen LogP contribution in [0.3, 0.4) is 0 Å². The van der Waals surface area contributed by atoms with Gasteiger partial charge < -0.3 is 34.1 Å². The molecular formula is C27H32F4N4O5. The zero-order valence-electron chi connectivity index (χ0n) is 22.1. The van der Waals surface area contributed by atoms with Crippen molar-refractivity contribution in [1.82, 2.24) is 9.88 Å². The lowest BCUT2D eigenvalue weighted by atomic mass is 10.00. The molecule has 3 fully saturated rings. The number of urea groups is 1. The van der Waals surface area contributed by atoms with E-state index in [0.717, 1.165) is 23.4 Å². The lowest BCUT2D eigenvalue weighted by Crippen LogP contribution is -2.52. The van der Waals surface area contributed by atoms with Gasteiger partial charge >= 0.3 is 12.2 Å². The molecule has 1 aromatic carbocycles. The summed E-state index contributed by atoms with van der Waals surface area (Å²) in [6.45, 7) is 4.43. The SMILES string of the molecule is Cc1cc(F)c(NC(=O)N2CCO[C@@H](C(F)(F)F)C2)cc1-c1cnc(OC2CCOCC2)c(N2CCOCC2)c1. The van der Waals surface area contributed by atoms with Crippen LogP contribution in [-0.2, 0) is 14.2 Å². The Labute approximate surface area is 229 Å². The van der Waals surface area contributed by atoms with E-state index in [-0.39, 0.29) is 24.9 Å². The molecule has 2 amide bonds. The Morgan fingerprint density at radius 2 is 1.77 bits per heavy atom. The first-order valence-corrected chi connectivity index (χ1v) is 13.3. The number of aryl methyl sites for hydroxylation is 1. The summed E-state index contributed by atoms with van der Waals surface area (Å²) >= 11 is 0. The summed E-state index contributed by atoms with van der Waals surface area (Å²) in [5, 5.41) is 2.44. The molecule has 1 atom stereocenters. The third-order valence-electron chi connectivity index (χ3n) is 7.22. The Morgan fingerprint density at radius 3 is 2.50 bits per heavy atom. The molecule has 9 nitrogen and oxygen atoms in total. The number of rotatable bonds is 5. The number of morpholine rings is 2. The zero-order valence-corrected chi connectivity index (χ0v) is 22.1. The molecule has 3 aliphatic rings. The monoisotopic (exact) mass is 568 g/mol. The molecule has 1 aromatic heterocycles. The number of nitrogens with one attached hydrogen (secondary N) is 1. The van der Waals surface area contributed by atoms with Gasteiger partial charge in [-0.15, -0.1) is 0 Å². The normalized spacial score (nSPS) is 20.9. The van der Waals surface area contributed by atoms with Gasteiger partial charge in [-0.05, 0) is 36.2 Å². The van der Waals surface area contributed by atoms with Crippen LogP contribution in [0.4, 0.5) is 33.7 Å². The van der Waals surface area contributed by atoms with Gasteiger partial charge in [-0.25, -0.2) is 14.2 Å². The van der Waals surface area contributed by atoms with Gasteiger partial charge in [0.15, 0.2) is 6.10 Å². The van der Waals surface area contributed by atoms with Crippen molar-refractivity contribution in [3.05, 3.63) is 35.8 Å². The Kier molecular flexibility index (Phi) is 8.62. The number of benzene rings is 1. The molecular weight excluding hydrogens is 536 g/mol. The van der Waals surface area contributed by atoms with Crippen molar-refractivity contribution in [3.63, 3.8) is 0 Å². The van der Waals surface area contributed by atoms with Gasteiger partial charge in [0.25, 0.3) is 0 Å². The lowest BCUT2D eigenvalue weighted by Gasteiger charge is -2.33. The van der Waals surface area contributed by atoms with Crippen LogP contribution >= 0.6 is 0 Å². The van der Waals surface area contributed by atoms with Crippen LogP contribution in [0.1, 0.15) is 18.4 Å². The maximum atomic E-state index is 14.9. The average Bonchev–Trinajstić information content (AvgIpc) is 2.95. The lowest BCUT2D eigenvalue weighted by molar-refractivity contribution is -0.233. The molecule has 3 aliphatic heterocycles. The number of hydrogen-bond acceptors (Lipinski definition) is 7. The maximum Gasteiger partial charge on any atom is 0.416 e. The maximum absolute atomic E-state index is 14.9. The number of amides is 2. The van der Waals surface area contributed by atoms with Crippen LogP contribution in [0.25, 0.3) is 11.1 Å². The second-order valence-electron chi connectivity index (χ2n) is 10.0. The van der Waals surface area contributed by atoms with E-state index in [1.54, 1.807) is 13.1 Å². The number of nitrogens with zero attached hydrogens (tertiary/aromatic N) is 3. The number of aromatic nitrogens is 1. The van der Waals surface area contributed by atoms with Crippen LogP contribution in [0, 0.1) is 12.7 Å². The summed E-state index contributed by atoms with van der Waals surface area (Å²) in [5.41, 5.74) is 2.54. The minimum absolute atomic E-state index is 0.0154. The fraction of sp³-hybridized carbons (Fsp3) is 0.556. The third-order valence-corrected chi connectivity index (χ3v) is 7.22. The summed E-state index contributed by atoms with van der Waals surface area (Å²) in [6.07, 6.45) is -3.54. The van der Waals surface area contributed by atoms with Gasteiger partial charge in [0.05, 0.1) is 45.3 Å². The van der Waals surface area contributed by atoms with Crippen molar-refractivity contribution < 1.29 is 41.3 Å². The molecule has 13 heteroatoms. The Morgan fingerprint density at radius 1 is 1.05 bits per heavy atom. The van der Waals surface area contributed by atoms with E-state index in [2.05, 4.69) is 15.2 Å². The van der Waals surface area contributed by atoms with Crippen LogP contribution in [0.5, 0.6) is 5.88 Å². The molecule has 1 N–H and O–H groups in total. The topological polar surface area (TPSA) is 85.4 Å². The van der Waals surface area contributed by atoms with Crippen molar-refractivity contribution in [1.29, 1.82) is 0 Å². The summed E-state index contributed by atoms with van der Waals surface area (Å²) < 4.78 is 76.2. The molecule has 0 aliphatic carbocycles. The fourth-order valence-electron chi connectivity index (χ4n) is 4.97. The van der Waals surface area contributed by atoms with Gasteiger partial charge in [-0.3, -0.25) is 0 Å². The van der Waals surface area contributed by atoms with Crippen molar-refractivity contribution in [2.24, 2.45) is 0 Å². The number of alkyl halides is 3. The second kappa shape index (κ2) is 12.1. The summed E-state index contributed by atoms with van der Waals surface area (Å²) in [5.74, 6) is -0.201. The minimum atomic E-state index is -4.60. The van der Waals surface area contributed by atoms with Crippen LogP contribution in [0.2, 0.25) is 0 Å². The molecule has 40 heavy (non-hydrogen) atoms. The molecule has 3 saturated heterocycles. The number of carbonyl (C=O) groups is 1. The number of halogens is 4. The van der Waals surface area contributed by atoms with Crippen molar-refractivity contribution in [3.8, 4) is 17.0 Å². The number of anilines is 2. The smallest absolute Gasteiger partial charge is 0.416 e. The molecule has 0 saturated carbocycles. The highest BCUT2D eigenvalue weighted by molar-refractivity contribution is 5.91. The van der Waals surface area contributed by atoms with Crippen LogP contribution in [0.15, 0.2) is 24.4 Å². The first kappa shape index (κ1) is 28.4. The number of ether oxygens (including phenoxy) is 4. The fourth-order valence-corrected chi connectivity index (χ4v) is 4.97. The molecule has 0 bridgehead atoms. The first-order valence-electron chi connectivity index (χ1n) is 13.3. The summed E-state index contributed by atoms with van der Waals surface area (Å²) in [4.78, 5) is 20.5. The van der Waals surface area contributed by atoms with Crippen molar-refractivity contribution in [2.75, 3.05) is 69.4 Å². The largest absolute Gasteiger partial charge is 0.473 e. The Bertz CT molecular complexity index is 1200. The average molecular weight is 569 g/mol. The number of pyridine rings is 1. The zero-order chi connectivity index (χ0) is 28.3. The predicted octanol–water partition coefficient (Wildman–Crippen LogP) is 4.39. The van der Waals surface area contributed by atoms with Gasteiger partial charge in [0, 0.05) is 44.2 Å². The van der Waals surface area contributed by atoms with E-state index in [4.69, 9.17) is 18.9 Å². The van der Waals surface area contributed by atoms with Gasteiger partial charge in [-0.1, -0.05) is 0 Å². The number of hydrogen-bond donors (Lipinski definition) is 1. The second-order valence-corrected chi connectivity index (χ2v) is 10.0.